The zero-order chi connectivity index (χ0) is 18.4. The van der Waals surface area contributed by atoms with Crippen molar-refractivity contribution in [2.75, 3.05) is 0 Å². The van der Waals surface area contributed by atoms with E-state index in [1.54, 1.807) is 0 Å². The highest BCUT2D eigenvalue weighted by atomic mass is 19.4. The van der Waals surface area contributed by atoms with Gasteiger partial charge >= 0.3 is 12.1 Å². The second-order valence-corrected chi connectivity index (χ2v) is 5.33. The Bertz CT molecular complexity index is 745. The van der Waals surface area contributed by atoms with Crippen molar-refractivity contribution in [3.8, 4) is 0 Å². The van der Waals surface area contributed by atoms with Crippen LogP contribution in [0.3, 0.4) is 0 Å². The Morgan fingerprint density at radius 2 is 1.76 bits per heavy atom. The first kappa shape index (κ1) is 18.5. The van der Waals surface area contributed by atoms with Crippen molar-refractivity contribution in [2.45, 2.75) is 25.7 Å². The minimum absolute atomic E-state index is 0.255. The molecular weight excluding hydrogens is 335 g/mol. The van der Waals surface area contributed by atoms with Gasteiger partial charge in [-0.2, -0.15) is 13.2 Å². The highest BCUT2D eigenvalue weighted by Crippen LogP contribution is 2.29. The average molecular weight is 351 g/mol. The molecule has 0 aliphatic heterocycles. The van der Waals surface area contributed by atoms with Crippen molar-refractivity contribution in [2.24, 2.45) is 0 Å². The van der Waals surface area contributed by atoms with Gasteiger partial charge in [-0.15, -0.1) is 0 Å². The Labute approximate surface area is 142 Å². The number of amides is 1. The molecule has 0 aliphatic rings. The maximum atomic E-state index is 12.7. The Morgan fingerprint density at radius 1 is 1.08 bits per heavy atom. The lowest BCUT2D eigenvalue weighted by Gasteiger charge is -2.14. The summed E-state index contributed by atoms with van der Waals surface area (Å²) >= 11 is 0. The number of benzene rings is 2. The molecule has 25 heavy (non-hydrogen) atoms. The fraction of sp³-hybridized carbons (Fsp3) is 0.222. The molecule has 1 atom stereocenters. The van der Waals surface area contributed by atoms with Crippen molar-refractivity contribution in [1.29, 1.82) is 0 Å². The lowest BCUT2D eigenvalue weighted by molar-refractivity contribution is -0.137. The van der Waals surface area contributed by atoms with Crippen molar-refractivity contribution in [3.05, 3.63) is 71.3 Å². The van der Waals surface area contributed by atoms with Gasteiger partial charge in [0.25, 0.3) is 5.91 Å². The van der Waals surface area contributed by atoms with Gasteiger partial charge in [0.2, 0.25) is 0 Å². The summed E-state index contributed by atoms with van der Waals surface area (Å²) in [6.07, 6.45) is -5.69. The molecule has 0 saturated carbocycles. The minimum Gasteiger partial charge on any atom is -0.449 e. The predicted molar refractivity (Wildman–Crippen MR) is 84.6 cm³/mol. The second kappa shape index (κ2) is 7.83. The van der Waals surface area contributed by atoms with Crippen LogP contribution < -0.4 is 5.32 Å². The van der Waals surface area contributed by atoms with Crippen LogP contribution in [0.4, 0.5) is 13.2 Å². The third-order valence-corrected chi connectivity index (χ3v) is 3.39. The van der Waals surface area contributed by atoms with Crippen LogP contribution in [-0.2, 0) is 22.3 Å². The van der Waals surface area contributed by atoms with Gasteiger partial charge in [-0.05, 0) is 30.7 Å². The highest BCUT2D eigenvalue weighted by molar-refractivity contribution is 5.92. The Kier molecular flexibility index (Phi) is 5.80. The summed E-state index contributed by atoms with van der Waals surface area (Å²) in [4.78, 5) is 23.9. The minimum atomic E-state index is -4.56. The van der Waals surface area contributed by atoms with Gasteiger partial charge in [-0.3, -0.25) is 4.79 Å². The van der Waals surface area contributed by atoms with Crippen LogP contribution in [-0.4, -0.2) is 18.0 Å². The first-order valence-electron chi connectivity index (χ1n) is 7.47. The normalized spacial score (nSPS) is 12.3. The molecule has 0 bridgehead atoms. The van der Waals surface area contributed by atoms with Crippen molar-refractivity contribution in [3.63, 3.8) is 0 Å². The standard InChI is InChI=1S/C18H16F3NO3/c1-12(16(23)22-11-13-6-3-2-4-7-13)25-17(24)14-8-5-9-15(10-14)18(19,20)21/h2-10,12H,11H2,1H3,(H,22,23)/t12-/m1/s1. The number of hydrogen-bond acceptors (Lipinski definition) is 3. The number of hydrogen-bond donors (Lipinski definition) is 1. The lowest BCUT2D eigenvalue weighted by atomic mass is 10.1. The molecule has 0 heterocycles. The lowest BCUT2D eigenvalue weighted by Crippen LogP contribution is -2.35. The molecule has 0 unspecified atom stereocenters. The average Bonchev–Trinajstić information content (AvgIpc) is 2.59. The van der Waals surface area contributed by atoms with Gasteiger partial charge in [0.1, 0.15) is 0 Å². The Balaban J connectivity index is 1.94. The zero-order valence-corrected chi connectivity index (χ0v) is 13.3. The Hall–Kier alpha value is -2.83. The fourth-order valence-electron chi connectivity index (χ4n) is 2.03. The van der Waals surface area contributed by atoms with Gasteiger partial charge in [-0.1, -0.05) is 36.4 Å². The maximum Gasteiger partial charge on any atom is 0.416 e. The van der Waals surface area contributed by atoms with Crippen LogP contribution in [0, 0.1) is 0 Å². The molecule has 0 fully saturated rings. The number of nitrogens with one attached hydrogen (secondary N) is 1. The molecule has 0 radical (unpaired) electrons. The van der Waals surface area contributed by atoms with E-state index in [1.165, 1.54) is 13.0 Å². The molecule has 0 saturated heterocycles. The van der Waals surface area contributed by atoms with Crippen molar-refractivity contribution in [1.82, 2.24) is 5.32 Å². The second-order valence-electron chi connectivity index (χ2n) is 5.33. The predicted octanol–water partition coefficient (Wildman–Crippen LogP) is 3.57. The maximum absolute atomic E-state index is 12.7. The summed E-state index contributed by atoms with van der Waals surface area (Å²) in [5, 5.41) is 2.60. The Morgan fingerprint density at radius 3 is 2.40 bits per heavy atom. The summed E-state index contributed by atoms with van der Waals surface area (Å²) in [5.74, 6) is -1.53. The fourth-order valence-corrected chi connectivity index (χ4v) is 2.03. The molecule has 0 aliphatic carbocycles. The van der Waals surface area contributed by atoms with E-state index in [0.717, 1.165) is 17.7 Å². The number of rotatable bonds is 5. The van der Waals surface area contributed by atoms with E-state index < -0.39 is 29.7 Å². The number of ether oxygens (including phenoxy) is 1. The van der Waals surface area contributed by atoms with Crippen LogP contribution in [0.15, 0.2) is 54.6 Å². The molecule has 0 spiro atoms. The van der Waals surface area contributed by atoms with E-state index in [4.69, 9.17) is 4.74 Å². The molecule has 2 aromatic rings. The molecule has 7 heteroatoms. The molecule has 4 nitrogen and oxygen atoms in total. The molecule has 1 amide bonds. The van der Waals surface area contributed by atoms with Crippen LogP contribution >= 0.6 is 0 Å². The van der Waals surface area contributed by atoms with Crippen LogP contribution in [0.5, 0.6) is 0 Å². The summed E-state index contributed by atoms with van der Waals surface area (Å²) in [6.45, 7) is 1.61. The van der Waals surface area contributed by atoms with Gasteiger partial charge in [0.15, 0.2) is 6.10 Å². The molecule has 1 N–H and O–H groups in total. The van der Waals surface area contributed by atoms with Gasteiger partial charge in [0.05, 0.1) is 11.1 Å². The summed E-state index contributed by atoms with van der Waals surface area (Å²) in [6, 6.07) is 13.0. The van der Waals surface area contributed by atoms with Crippen LogP contribution in [0.25, 0.3) is 0 Å². The van der Waals surface area contributed by atoms with Gasteiger partial charge in [-0.25, -0.2) is 4.79 Å². The zero-order valence-electron chi connectivity index (χ0n) is 13.3. The van der Waals surface area contributed by atoms with E-state index in [0.29, 0.717) is 6.07 Å². The first-order valence-corrected chi connectivity index (χ1v) is 7.47. The largest absolute Gasteiger partial charge is 0.449 e. The molecular formula is C18H16F3NO3. The smallest absolute Gasteiger partial charge is 0.416 e. The number of halogens is 3. The molecule has 2 rings (SSSR count). The van der Waals surface area contributed by atoms with E-state index >= 15 is 0 Å². The number of esters is 1. The topological polar surface area (TPSA) is 55.4 Å². The number of carbonyl (C=O) groups excluding carboxylic acids is 2. The molecule has 132 valence electrons. The summed E-state index contributed by atoms with van der Waals surface area (Å²) < 4.78 is 42.9. The van der Waals surface area contributed by atoms with Gasteiger partial charge in [0, 0.05) is 6.54 Å². The highest BCUT2D eigenvalue weighted by Gasteiger charge is 2.31. The molecule has 0 aromatic heterocycles. The first-order chi connectivity index (χ1) is 11.8. The van der Waals surface area contributed by atoms with Crippen LogP contribution in [0.1, 0.15) is 28.4 Å². The number of carbonyl (C=O) groups is 2. The third kappa shape index (κ3) is 5.34. The van der Waals surface area contributed by atoms with Crippen molar-refractivity contribution < 1.29 is 27.5 Å². The van der Waals surface area contributed by atoms with E-state index in [9.17, 15) is 22.8 Å². The third-order valence-electron chi connectivity index (χ3n) is 3.39. The van der Waals surface area contributed by atoms with Gasteiger partial charge < -0.3 is 10.1 Å². The number of alkyl halides is 3. The summed E-state index contributed by atoms with van der Waals surface area (Å²) in [7, 11) is 0. The SMILES string of the molecule is C[C@@H](OC(=O)c1cccc(C(F)(F)F)c1)C(=O)NCc1ccccc1. The van der Waals surface area contributed by atoms with Crippen molar-refractivity contribution >= 4 is 11.9 Å². The van der Waals surface area contributed by atoms with Crippen LogP contribution in [0.2, 0.25) is 0 Å². The van der Waals surface area contributed by atoms with E-state index in [1.807, 2.05) is 30.3 Å². The molecule has 2 aromatic carbocycles. The summed E-state index contributed by atoms with van der Waals surface area (Å²) in [5.41, 5.74) is -0.354. The monoisotopic (exact) mass is 351 g/mol. The quantitative estimate of drug-likeness (QED) is 0.838. The van der Waals surface area contributed by atoms with E-state index in [2.05, 4.69) is 5.32 Å². The van der Waals surface area contributed by atoms with E-state index in [-0.39, 0.29) is 12.1 Å².